The van der Waals surface area contributed by atoms with E-state index in [0.717, 1.165) is 61.2 Å². The topological polar surface area (TPSA) is 80.3 Å². The normalized spacial score (nSPS) is 17.7. The first-order valence-electron chi connectivity index (χ1n) is 11.6. The number of aromatic nitrogens is 1. The SMILES string of the molecule is CSc1cccc(COc2ncc(F)cc2C(=O)NC2CCC(NC(=O)CCCCCl)CC2)c1. The van der Waals surface area contributed by atoms with Gasteiger partial charge in [-0.15, -0.1) is 23.4 Å². The van der Waals surface area contributed by atoms with E-state index in [1.165, 1.54) is 0 Å². The van der Waals surface area contributed by atoms with E-state index in [4.69, 9.17) is 16.3 Å². The predicted molar refractivity (Wildman–Crippen MR) is 133 cm³/mol. The molecule has 1 aliphatic carbocycles. The molecule has 6 nitrogen and oxygen atoms in total. The molecule has 1 aromatic heterocycles. The third-order valence-electron chi connectivity index (χ3n) is 5.79. The summed E-state index contributed by atoms with van der Waals surface area (Å²) in [5.41, 5.74) is 1.02. The summed E-state index contributed by atoms with van der Waals surface area (Å²) in [6.07, 6.45) is 8.18. The highest BCUT2D eigenvalue weighted by Crippen LogP contribution is 2.23. The molecule has 0 unspecified atom stereocenters. The summed E-state index contributed by atoms with van der Waals surface area (Å²) in [5.74, 6) is -0.285. The first kappa shape index (κ1) is 26.3. The molecule has 1 aromatic carbocycles. The van der Waals surface area contributed by atoms with Crippen LogP contribution in [0.2, 0.25) is 0 Å². The molecule has 2 amide bonds. The molecular weight excluding hydrogens is 477 g/mol. The summed E-state index contributed by atoms with van der Waals surface area (Å²) < 4.78 is 19.7. The third-order valence-corrected chi connectivity index (χ3v) is 6.78. The number of carbonyl (C=O) groups is 2. The van der Waals surface area contributed by atoms with Crippen molar-refractivity contribution in [2.75, 3.05) is 12.1 Å². The molecule has 0 saturated heterocycles. The molecule has 3 rings (SSSR count). The van der Waals surface area contributed by atoms with E-state index in [1.807, 2.05) is 30.5 Å². The fourth-order valence-electron chi connectivity index (χ4n) is 3.94. The molecule has 0 aliphatic heterocycles. The van der Waals surface area contributed by atoms with Gasteiger partial charge in [0.05, 0.1) is 6.20 Å². The van der Waals surface area contributed by atoms with E-state index in [0.29, 0.717) is 12.3 Å². The molecule has 1 heterocycles. The molecule has 0 bridgehead atoms. The van der Waals surface area contributed by atoms with E-state index in [1.54, 1.807) is 11.8 Å². The minimum absolute atomic E-state index is 0.0493. The van der Waals surface area contributed by atoms with Crippen LogP contribution in [-0.2, 0) is 11.4 Å². The second-order valence-electron chi connectivity index (χ2n) is 8.38. The number of pyridine rings is 1. The Morgan fingerprint density at radius 3 is 2.59 bits per heavy atom. The van der Waals surface area contributed by atoms with Crippen molar-refractivity contribution >= 4 is 35.2 Å². The zero-order chi connectivity index (χ0) is 24.3. The summed E-state index contributed by atoms with van der Waals surface area (Å²) >= 11 is 7.28. The average Bonchev–Trinajstić information content (AvgIpc) is 2.84. The smallest absolute Gasteiger partial charge is 0.257 e. The standard InChI is InChI=1S/C25H31ClFN3O3S/c1-34-21-6-4-5-17(13-21)16-33-25-22(14-18(27)15-28-25)24(32)30-20-10-8-19(9-11-20)29-23(31)7-2-3-12-26/h4-6,13-15,19-20H,2-3,7-12,16H2,1H3,(H,29,31)(H,30,32). The Kier molecular flexibility index (Phi) is 10.5. The lowest BCUT2D eigenvalue weighted by Crippen LogP contribution is -2.43. The van der Waals surface area contributed by atoms with Gasteiger partial charge in [-0.2, -0.15) is 0 Å². The maximum Gasteiger partial charge on any atom is 0.257 e. The van der Waals surface area contributed by atoms with E-state index in [-0.39, 0.29) is 36.0 Å². The monoisotopic (exact) mass is 507 g/mol. The largest absolute Gasteiger partial charge is 0.472 e. The van der Waals surface area contributed by atoms with Gasteiger partial charge in [0.25, 0.3) is 5.91 Å². The van der Waals surface area contributed by atoms with Crippen molar-refractivity contribution in [3.8, 4) is 5.88 Å². The van der Waals surface area contributed by atoms with Crippen molar-refractivity contribution in [3.05, 3.63) is 53.5 Å². The molecular formula is C25H31ClFN3O3S. The van der Waals surface area contributed by atoms with Gasteiger partial charge in [-0.1, -0.05) is 12.1 Å². The Balaban J connectivity index is 1.53. The molecule has 2 aromatic rings. The number of alkyl halides is 1. The maximum atomic E-state index is 13.9. The molecule has 9 heteroatoms. The minimum atomic E-state index is -0.595. The number of halogens is 2. The molecule has 1 aliphatic rings. The number of thioether (sulfide) groups is 1. The van der Waals surface area contributed by atoms with E-state index in [9.17, 15) is 14.0 Å². The number of unbranched alkanes of at least 4 members (excludes halogenated alkanes) is 1. The van der Waals surface area contributed by atoms with Crippen LogP contribution in [-0.4, -0.2) is 41.0 Å². The molecule has 0 radical (unpaired) electrons. The van der Waals surface area contributed by atoms with Crippen LogP contribution in [0.3, 0.4) is 0 Å². The highest BCUT2D eigenvalue weighted by molar-refractivity contribution is 7.98. The Morgan fingerprint density at radius 2 is 1.88 bits per heavy atom. The molecule has 184 valence electrons. The van der Waals surface area contributed by atoms with Crippen molar-refractivity contribution in [2.24, 2.45) is 0 Å². The lowest BCUT2D eigenvalue weighted by molar-refractivity contribution is -0.122. The zero-order valence-corrected chi connectivity index (χ0v) is 20.9. The summed E-state index contributed by atoms with van der Waals surface area (Å²) in [6, 6.07) is 9.10. The second-order valence-corrected chi connectivity index (χ2v) is 9.64. The van der Waals surface area contributed by atoms with E-state index in [2.05, 4.69) is 15.6 Å². The Bertz CT molecular complexity index is 970. The van der Waals surface area contributed by atoms with Crippen LogP contribution in [0.15, 0.2) is 41.4 Å². The molecule has 0 spiro atoms. The first-order chi connectivity index (χ1) is 16.5. The minimum Gasteiger partial charge on any atom is -0.472 e. The zero-order valence-electron chi connectivity index (χ0n) is 19.3. The van der Waals surface area contributed by atoms with Crippen molar-refractivity contribution in [1.29, 1.82) is 0 Å². The van der Waals surface area contributed by atoms with Crippen LogP contribution in [0, 0.1) is 5.82 Å². The Hall–Kier alpha value is -2.32. The van der Waals surface area contributed by atoms with Crippen LogP contribution < -0.4 is 15.4 Å². The van der Waals surface area contributed by atoms with Crippen LogP contribution in [0.1, 0.15) is 60.9 Å². The molecule has 1 fully saturated rings. The van der Waals surface area contributed by atoms with Gasteiger partial charge >= 0.3 is 0 Å². The Morgan fingerprint density at radius 1 is 1.15 bits per heavy atom. The van der Waals surface area contributed by atoms with Gasteiger partial charge in [0, 0.05) is 29.3 Å². The number of hydrogen-bond acceptors (Lipinski definition) is 5. The number of rotatable bonds is 11. The van der Waals surface area contributed by atoms with Crippen LogP contribution >= 0.6 is 23.4 Å². The number of nitrogens with zero attached hydrogens (tertiary/aromatic N) is 1. The number of nitrogens with one attached hydrogen (secondary N) is 2. The fraction of sp³-hybridized carbons (Fsp3) is 0.480. The number of hydrogen-bond donors (Lipinski definition) is 2. The van der Waals surface area contributed by atoms with Gasteiger partial charge in [0.15, 0.2) is 0 Å². The molecule has 1 saturated carbocycles. The molecule has 2 N–H and O–H groups in total. The lowest BCUT2D eigenvalue weighted by atomic mass is 9.91. The predicted octanol–water partition coefficient (Wildman–Crippen LogP) is 5.09. The van der Waals surface area contributed by atoms with Gasteiger partial charge in [0.1, 0.15) is 18.0 Å². The van der Waals surface area contributed by atoms with Crippen molar-refractivity contribution in [2.45, 2.75) is 68.5 Å². The number of ether oxygens (including phenoxy) is 1. The van der Waals surface area contributed by atoms with Crippen molar-refractivity contribution in [1.82, 2.24) is 15.6 Å². The van der Waals surface area contributed by atoms with Crippen molar-refractivity contribution in [3.63, 3.8) is 0 Å². The van der Waals surface area contributed by atoms with E-state index < -0.39 is 11.7 Å². The van der Waals surface area contributed by atoms with E-state index >= 15 is 0 Å². The summed E-state index contributed by atoms with van der Waals surface area (Å²) in [6.45, 7) is 0.225. The van der Waals surface area contributed by atoms with Gasteiger partial charge in [-0.05, 0) is 68.5 Å². The quantitative estimate of drug-likeness (QED) is 0.251. The second kappa shape index (κ2) is 13.5. The van der Waals surface area contributed by atoms with Gasteiger partial charge in [-0.25, -0.2) is 9.37 Å². The number of amides is 2. The molecule has 34 heavy (non-hydrogen) atoms. The van der Waals surface area contributed by atoms with Gasteiger partial charge in [0.2, 0.25) is 11.8 Å². The van der Waals surface area contributed by atoms with Crippen LogP contribution in [0.5, 0.6) is 5.88 Å². The Labute approximate surface area is 209 Å². The van der Waals surface area contributed by atoms with Crippen LogP contribution in [0.25, 0.3) is 0 Å². The lowest BCUT2D eigenvalue weighted by Gasteiger charge is -2.29. The van der Waals surface area contributed by atoms with Gasteiger partial charge in [-0.3, -0.25) is 9.59 Å². The summed E-state index contributed by atoms with van der Waals surface area (Å²) in [4.78, 5) is 30.1. The van der Waals surface area contributed by atoms with Gasteiger partial charge < -0.3 is 15.4 Å². The van der Waals surface area contributed by atoms with Crippen LogP contribution in [0.4, 0.5) is 4.39 Å². The van der Waals surface area contributed by atoms with Crippen molar-refractivity contribution < 1.29 is 18.7 Å². The highest BCUT2D eigenvalue weighted by atomic mass is 35.5. The molecule has 0 atom stereocenters. The average molecular weight is 508 g/mol. The maximum absolute atomic E-state index is 13.9. The first-order valence-corrected chi connectivity index (χ1v) is 13.3. The fourth-order valence-corrected chi connectivity index (χ4v) is 4.62. The number of benzene rings is 1. The summed E-state index contributed by atoms with van der Waals surface area (Å²) in [7, 11) is 0. The third kappa shape index (κ3) is 8.17. The number of carbonyl (C=O) groups excluding carboxylic acids is 2. The summed E-state index contributed by atoms with van der Waals surface area (Å²) in [5, 5.41) is 6.04. The highest BCUT2D eigenvalue weighted by Gasteiger charge is 2.25.